The van der Waals surface area contributed by atoms with Crippen LogP contribution < -0.4 is 10.1 Å². The second kappa shape index (κ2) is 6.70. The molecule has 3 N–H and O–H groups in total. The quantitative estimate of drug-likeness (QED) is 0.782. The molecule has 0 amide bonds. The van der Waals surface area contributed by atoms with Crippen molar-refractivity contribution in [1.82, 2.24) is 0 Å². The van der Waals surface area contributed by atoms with Crippen LogP contribution in [-0.4, -0.2) is 33.9 Å². The van der Waals surface area contributed by atoms with E-state index in [2.05, 4.69) is 5.32 Å². The van der Waals surface area contributed by atoms with Gasteiger partial charge in [-0.25, -0.2) is 4.79 Å². The molecular formula is C20H20N2O4. The molecule has 26 heavy (non-hydrogen) atoms. The van der Waals surface area contributed by atoms with E-state index >= 15 is 0 Å². The van der Waals surface area contributed by atoms with Crippen LogP contribution in [0, 0.1) is 11.3 Å². The van der Waals surface area contributed by atoms with Crippen LogP contribution in [0.2, 0.25) is 0 Å². The smallest absolute Gasteiger partial charge is 0.326 e. The van der Waals surface area contributed by atoms with E-state index in [1.54, 1.807) is 56.3 Å². The Balaban J connectivity index is 2.10. The molecule has 2 aromatic carbocycles. The van der Waals surface area contributed by atoms with Crippen LogP contribution in [0.1, 0.15) is 30.9 Å². The van der Waals surface area contributed by atoms with Gasteiger partial charge >= 0.3 is 5.97 Å². The second-order valence-corrected chi connectivity index (χ2v) is 6.87. The normalized spacial score (nSPS) is 21.6. The summed E-state index contributed by atoms with van der Waals surface area (Å²) >= 11 is 0. The van der Waals surface area contributed by atoms with E-state index in [4.69, 9.17) is 4.74 Å². The number of ether oxygens (including phenoxy) is 1. The lowest BCUT2D eigenvalue weighted by Gasteiger charge is -2.44. The summed E-state index contributed by atoms with van der Waals surface area (Å²) in [6.07, 6.45) is -1.08. The minimum atomic E-state index is -1.09. The maximum atomic E-state index is 12.0. The van der Waals surface area contributed by atoms with E-state index in [-0.39, 0.29) is 0 Å². The average molecular weight is 352 g/mol. The summed E-state index contributed by atoms with van der Waals surface area (Å²) in [5, 5.41) is 32.9. The molecule has 3 atom stereocenters. The summed E-state index contributed by atoms with van der Waals surface area (Å²) in [4.78, 5) is 12.0. The third-order valence-corrected chi connectivity index (χ3v) is 4.64. The number of nitrogens with one attached hydrogen (secondary N) is 1. The summed E-state index contributed by atoms with van der Waals surface area (Å²) in [6, 6.07) is 14.8. The summed E-state index contributed by atoms with van der Waals surface area (Å²) in [7, 11) is 0. The standard InChI is InChI=1S/C20H20N2O4/c1-20(2)18(23)16(14-10-12(11-21)8-9-15(14)26-20)17(19(24)25)22-13-6-4-3-5-7-13/h3-10,16-18,22-23H,1-2H3,(H,24,25)/t16-,17?,18-/m1/s1. The largest absolute Gasteiger partial charge is 0.485 e. The van der Waals surface area contributed by atoms with Gasteiger partial charge in [0.05, 0.1) is 11.6 Å². The monoisotopic (exact) mass is 352 g/mol. The highest BCUT2D eigenvalue weighted by atomic mass is 16.5. The minimum absolute atomic E-state index is 0.383. The number of fused-ring (bicyclic) bond motifs is 1. The van der Waals surface area contributed by atoms with Crippen molar-refractivity contribution in [1.29, 1.82) is 5.26 Å². The summed E-state index contributed by atoms with van der Waals surface area (Å²) in [6.45, 7) is 3.43. The molecule has 0 spiro atoms. The van der Waals surface area contributed by atoms with Gasteiger partial charge in [0.15, 0.2) is 0 Å². The topological polar surface area (TPSA) is 103 Å². The van der Waals surface area contributed by atoms with Crippen molar-refractivity contribution in [2.45, 2.75) is 37.5 Å². The first kappa shape index (κ1) is 17.8. The number of nitrogens with zero attached hydrogens (tertiary/aromatic N) is 1. The molecule has 1 aliphatic heterocycles. The Morgan fingerprint density at radius 2 is 1.96 bits per heavy atom. The van der Waals surface area contributed by atoms with Crippen molar-refractivity contribution in [3.05, 3.63) is 59.7 Å². The molecule has 0 aliphatic carbocycles. The third kappa shape index (κ3) is 3.22. The Labute approximate surface area is 151 Å². The number of benzene rings is 2. The van der Waals surface area contributed by atoms with E-state index in [0.717, 1.165) is 0 Å². The molecule has 6 nitrogen and oxygen atoms in total. The number of aliphatic hydroxyl groups excluding tert-OH is 1. The molecule has 6 heteroatoms. The fourth-order valence-electron chi connectivity index (χ4n) is 3.30. The number of carboxylic acids is 1. The first-order valence-electron chi connectivity index (χ1n) is 8.29. The molecule has 0 fully saturated rings. The molecule has 3 rings (SSSR count). The van der Waals surface area contributed by atoms with E-state index in [0.29, 0.717) is 22.6 Å². The van der Waals surface area contributed by atoms with Gasteiger partial charge in [-0.15, -0.1) is 0 Å². The Morgan fingerprint density at radius 3 is 2.58 bits per heavy atom. The number of hydrogen-bond donors (Lipinski definition) is 3. The van der Waals surface area contributed by atoms with Crippen molar-refractivity contribution >= 4 is 11.7 Å². The van der Waals surface area contributed by atoms with E-state index in [1.807, 2.05) is 12.1 Å². The van der Waals surface area contributed by atoms with Gasteiger partial charge < -0.3 is 20.3 Å². The molecule has 0 radical (unpaired) electrons. The van der Waals surface area contributed by atoms with Crippen LogP contribution >= 0.6 is 0 Å². The van der Waals surface area contributed by atoms with Crippen molar-refractivity contribution < 1.29 is 19.7 Å². The molecular weight excluding hydrogens is 332 g/mol. The van der Waals surface area contributed by atoms with Crippen LogP contribution in [0.4, 0.5) is 5.69 Å². The van der Waals surface area contributed by atoms with Gasteiger partial charge in [-0.3, -0.25) is 0 Å². The highest BCUT2D eigenvalue weighted by molar-refractivity contribution is 5.79. The fourth-order valence-corrected chi connectivity index (χ4v) is 3.30. The number of anilines is 1. The zero-order valence-corrected chi connectivity index (χ0v) is 14.5. The lowest BCUT2D eigenvalue weighted by atomic mass is 9.76. The lowest BCUT2D eigenvalue weighted by molar-refractivity contribution is -0.141. The average Bonchev–Trinajstić information content (AvgIpc) is 2.61. The Bertz CT molecular complexity index is 858. The van der Waals surface area contributed by atoms with Crippen LogP contribution in [0.3, 0.4) is 0 Å². The Hall–Kier alpha value is -3.04. The third-order valence-electron chi connectivity index (χ3n) is 4.64. The molecule has 1 unspecified atom stereocenters. The van der Waals surface area contributed by atoms with E-state index in [1.165, 1.54) is 0 Å². The van der Waals surface area contributed by atoms with Crippen LogP contribution in [0.15, 0.2) is 48.5 Å². The maximum Gasteiger partial charge on any atom is 0.326 e. The van der Waals surface area contributed by atoms with Gasteiger partial charge in [0.1, 0.15) is 23.5 Å². The molecule has 0 saturated heterocycles. The zero-order chi connectivity index (χ0) is 18.9. The molecule has 0 aromatic heterocycles. The summed E-state index contributed by atoms with van der Waals surface area (Å²) in [5.74, 6) is -1.41. The number of para-hydroxylation sites is 1. The SMILES string of the molecule is CC1(C)Oc2ccc(C#N)cc2[C@H](C(Nc2ccccc2)C(=O)O)[C@H]1O. The van der Waals surface area contributed by atoms with Crippen molar-refractivity contribution in [2.24, 2.45) is 0 Å². The number of rotatable bonds is 4. The number of carboxylic acid groups (broad SMARTS) is 1. The number of hydrogen-bond acceptors (Lipinski definition) is 5. The maximum absolute atomic E-state index is 12.0. The first-order valence-corrected chi connectivity index (χ1v) is 8.29. The van der Waals surface area contributed by atoms with E-state index < -0.39 is 29.6 Å². The highest BCUT2D eigenvalue weighted by Gasteiger charge is 2.48. The van der Waals surface area contributed by atoms with Gasteiger partial charge in [-0.2, -0.15) is 5.26 Å². The van der Waals surface area contributed by atoms with Gasteiger partial charge in [0.25, 0.3) is 0 Å². The first-order chi connectivity index (χ1) is 12.3. The van der Waals surface area contributed by atoms with Crippen molar-refractivity contribution in [2.75, 3.05) is 5.32 Å². The molecule has 0 saturated carbocycles. The van der Waals surface area contributed by atoms with Crippen LogP contribution in [-0.2, 0) is 4.79 Å². The van der Waals surface area contributed by atoms with Crippen molar-refractivity contribution in [3.8, 4) is 11.8 Å². The Kier molecular flexibility index (Phi) is 4.58. The highest BCUT2D eigenvalue weighted by Crippen LogP contribution is 2.43. The predicted molar refractivity (Wildman–Crippen MR) is 96.1 cm³/mol. The molecule has 1 aliphatic rings. The van der Waals surface area contributed by atoms with Gasteiger partial charge in [0, 0.05) is 17.2 Å². The van der Waals surface area contributed by atoms with Crippen LogP contribution in [0.5, 0.6) is 5.75 Å². The Morgan fingerprint density at radius 1 is 1.27 bits per heavy atom. The number of carbonyl (C=O) groups is 1. The second-order valence-electron chi connectivity index (χ2n) is 6.87. The molecule has 134 valence electrons. The van der Waals surface area contributed by atoms with Gasteiger partial charge in [0.2, 0.25) is 0 Å². The molecule has 2 aromatic rings. The van der Waals surface area contributed by atoms with Gasteiger partial charge in [-0.05, 0) is 44.2 Å². The number of nitriles is 1. The fraction of sp³-hybridized carbons (Fsp3) is 0.300. The van der Waals surface area contributed by atoms with Crippen molar-refractivity contribution in [3.63, 3.8) is 0 Å². The van der Waals surface area contributed by atoms with Crippen LogP contribution in [0.25, 0.3) is 0 Å². The number of aliphatic carboxylic acids is 1. The van der Waals surface area contributed by atoms with E-state index in [9.17, 15) is 20.3 Å². The number of aliphatic hydroxyl groups is 1. The molecule has 0 bridgehead atoms. The minimum Gasteiger partial charge on any atom is -0.485 e. The summed E-state index contributed by atoms with van der Waals surface area (Å²) < 4.78 is 5.86. The molecule has 1 heterocycles. The predicted octanol–water partition coefficient (Wildman–Crippen LogP) is 2.74. The zero-order valence-electron chi connectivity index (χ0n) is 14.5. The lowest BCUT2D eigenvalue weighted by Crippen LogP contribution is -2.54. The van der Waals surface area contributed by atoms with Gasteiger partial charge in [-0.1, -0.05) is 18.2 Å². The summed E-state index contributed by atoms with van der Waals surface area (Å²) in [5.41, 5.74) is 0.548.